The van der Waals surface area contributed by atoms with Gasteiger partial charge in [-0.05, 0) is 42.8 Å². The van der Waals surface area contributed by atoms with E-state index < -0.39 is 28.3 Å². The number of para-hydroxylation sites is 1. The number of hydrogen-bond acceptors (Lipinski definition) is 5. The number of carbonyl (C=O) groups excluding carboxylic acids is 2. The van der Waals surface area contributed by atoms with Gasteiger partial charge in [0.15, 0.2) is 16.4 Å². The normalized spacial score (nSPS) is 10.9. The van der Waals surface area contributed by atoms with Crippen LogP contribution in [0.15, 0.2) is 53.4 Å². The Morgan fingerprint density at radius 1 is 1.04 bits per heavy atom. The van der Waals surface area contributed by atoms with Crippen LogP contribution in [0.1, 0.15) is 15.9 Å². The van der Waals surface area contributed by atoms with E-state index in [1.807, 2.05) is 19.1 Å². The zero-order chi connectivity index (χ0) is 17.7. The minimum atomic E-state index is -3.33. The third kappa shape index (κ3) is 4.66. The van der Waals surface area contributed by atoms with E-state index in [-0.39, 0.29) is 10.5 Å². The highest BCUT2D eigenvalue weighted by Gasteiger charge is 2.13. The van der Waals surface area contributed by atoms with E-state index in [1.165, 1.54) is 24.3 Å². The molecule has 0 atom stereocenters. The van der Waals surface area contributed by atoms with Crippen molar-refractivity contribution < 1.29 is 22.7 Å². The maximum atomic E-state index is 11.9. The monoisotopic (exact) mass is 347 g/mol. The zero-order valence-electron chi connectivity index (χ0n) is 13.3. The molecule has 2 aromatic rings. The molecule has 0 saturated carbocycles. The predicted octanol–water partition coefficient (Wildman–Crippen LogP) is 2.19. The molecule has 0 aliphatic carbocycles. The first-order valence-electron chi connectivity index (χ1n) is 7.10. The van der Waals surface area contributed by atoms with Gasteiger partial charge in [-0.3, -0.25) is 4.79 Å². The van der Waals surface area contributed by atoms with Gasteiger partial charge in [-0.1, -0.05) is 18.2 Å². The number of benzene rings is 2. The van der Waals surface area contributed by atoms with Crippen LogP contribution in [0, 0.1) is 6.92 Å². The van der Waals surface area contributed by atoms with Crippen LogP contribution in [0.2, 0.25) is 0 Å². The Morgan fingerprint density at radius 3 is 2.25 bits per heavy atom. The highest BCUT2D eigenvalue weighted by Crippen LogP contribution is 2.13. The van der Waals surface area contributed by atoms with Crippen molar-refractivity contribution in [3.8, 4) is 0 Å². The molecule has 0 saturated heterocycles. The molecule has 7 heteroatoms. The topological polar surface area (TPSA) is 89.5 Å². The highest BCUT2D eigenvalue weighted by atomic mass is 32.2. The Labute approximate surface area is 140 Å². The fraction of sp³-hybridized carbons (Fsp3) is 0.176. The number of aryl methyl sites for hydroxylation is 1. The van der Waals surface area contributed by atoms with Crippen molar-refractivity contribution in [2.45, 2.75) is 11.8 Å². The predicted molar refractivity (Wildman–Crippen MR) is 89.6 cm³/mol. The first-order chi connectivity index (χ1) is 11.3. The highest BCUT2D eigenvalue weighted by molar-refractivity contribution is 7.90. The smallest absolute Gasteiger partial charge is 0.338 e. The van der Waals surface area contributed by atoms with Crippen LogP contribution in [0.25, 0.3) is 0 Å². The minimum absolute atomic E-state index is 0.108. The van der Waals surface area contributed by atoms with Crippen LogP contribution < -0.4 is 5.32 Å². The summed E-state index contributed by atoms with van der Waals surface area (Å²) in [5, 5.41) is 2.65. The van der Waals surface area contributed by atoms with Crippen LogP contribution >= 0.6 is 0 Å². The number of nitrogens with one attached hydrogen (secondary N) is 1. The summed E-state index contributed by atoms with van der Waals surface area (Å²) in [4.78, 5) is 23.8. The summed E-state index contributed by atoms with van der Waals surface area (Å²) in [5.41, 5.74) is 1.72. The van der Waals surface area contributed by atoms with Gasteiger partial charge in [-0.25, -0.2) is 13.2 Å². The molecular formula is C17H17NO5S. The average molecular weight is 347 g/mol. The summed E-state index contributed by atoms with van der Waals surface area (Å²) in [6, 6.07) is 12.6. The summed E-state index contributed by atoms with van der Waals surface area (Å²) >= 11 is 0. The Bertz CT molecular complexity index is 857. The van der Waals surface area contributed by atoms with E-state index in [1.54, 1.807) is 12.1 Å². The van der Waals surface area contributed by atoms with Gasteiger partial charge in [-0.15, -0.1) is 0 Å². The average Bonchev–Trinajstić information content (AvgIpc) is 2.54. The summed E-state index contributed by atoms with van der Waals surface area (Å²) in [5.74, 6) is -1.15. The van der Waals surface area contributed by atoms with Gasteiger partial charge >= 0.3 is 5.97 Å². The molecule has 0 heterocycles. The Kier molecular flexibility index (Phi) is 5.35. The maximum absolute atomic E-state index is 11.9. The third-order valence-corrected chi connectivity index (χ3v) is 4.40. The molecule has 2 aromatic carbocycles. The Morgan fingerprint density at radius 2 is 1.67 bits per heavy atom. The van der Waals surface area contributed by atoms with Gasteiger partial charge in [0, 0.05) is 11.9 Å². The molecule has 0 aliphatic rings. The number of hydrogen-bond donors (Lipinski definition) is 1. The zero-order valence-corrected chi connectivity index (χ0v) is 14.1. The second-order valence-corrected chi connectivity index (χ2v) is 7.25. The molecule has 0 aliphatic heterocycles. The number of sulfone groups is 1. The molecule has 0 unspecified atom stereocenters. The van der Waals surface area contributed by atoms with Crippen LogP contribution in [0.4, 0.5) is 5.69 Å². The molecule has 1 N–H and O–H groups in total. The first-order valence-corrected chi connectivity index (χ1v) is 8.99. The lowest BCUT2D eigenvalue weighted by Crippen LogP contribution is -2.21. The van der Waals surface area contributed by atoms with E-state index in [0.29, 0.717) is 5.69 Å². The standard InChI is InChI=1S/C17H17NO5S/c1-12-5-3-4-6-15(12)18-16(19)11-23-17(20)13-7-9-14(10-8-13)24(2,21)22/h3-10H,11H2,1-2H3,(H,18,19). The lowest BCUT2D eigenvalue weighted by atomic mass is 10.2. The minimum Gasteiger partial charge on any atom is -0.452 e. The molecule has 0 spiro atoms. The Hall–Kier alpha value is -2.67. The van der Waals surface area contributed by atoms with E-state index >= 15 is 0 Å². The molecule has 2 rings (SSSR count). The lowest BCUT2D eigenvalue weighted by Gasteiger charge is -2.09. The van der Waals surface area contributed by atoms with Gasteiger partial charge in [0.1, 0.15) is 0 Å². The SMILES string of the molecule is Cc1ccccc1NC(=O)COC(=O)c1ccc(S(C)(=O)=O)cc1. The van der Waals surface area contributed by atoms with Crippen molar-refractivity contribution >= 4 is 27.4 Å². The molecule has 24 heavy (non-hydrogen) atoms. The van der Waals surface area contributed by atoms with Gasteiger partial charge in [0.2, 0.25) is 0 Å². The van der Waals surface area contributed by atoms with Crippen LogP contribution in [-0.4, -0.2) is 33.2 Å². The van der Waals surface area contributed by atoms with Crippen LogP contribution in [0.5, 0.6) is 0 Å². The van der Waals surface area contributed by atoms with Gasteiger partial charge in [0.05, 0.1) is 10.5 Å². The molecule has 0 bridgehead atoms. The molecule has 126 valence electrons. The maximum Gasteiger partial charge on any atom is 0.338 e. The van der Waals surface area contributed by atoms with Gasteiger partial charge in [0.25, 0.3) is 5.91 Å². The third-order valence-electron chi connectivity index (χ3n) is 3.27. The van der Waals surface area contributed by atoms with Crippen molar-refractivity contribution in [1.29, 1.82) is 0 Å². The first kappa shape index (κ1) is 17.7. The van der Waals surface area contributed by atoms with E-state index in [9.17, 15) is 18.0 Å². The molecule has 6 nitrogen and oxygen atoms in total. The van der Waals surface area contributed by atoms with E-state index in [4.69, 9.17) is 4.74 Å². The quantitative estimate of drug-likeness (QED) is 0.838. The second-order valence-electron chi connectivity index (χ2n) is 5.24. The molecule has 0 fully saturated rings. The summed E-state index contributed by atoms with van der Waals surface area (Å²) in [7, 11) is -3.33. The van der Waals surface area contributed by atoms with E-state index in [0.717, 1.165) is 11.8 Å². The number of amides is 1. The number of rotatable bonds is 5. The summed E-state index contributed by atoms with van der Waals surface area (Å²) in [6.07, 6.45) is 1.08. The lowest BCUT2D eigenvalue weighted by molar-refractivity contribution is -0.119. The van der Waals surface area contributed by atoms with Crippen molar-refractivity contribution in [2.75, 3.05) is 18.2 Å². The van der Waals surface area contributed by atoms with Crippen LogP contribution in [-0.2, 0) is 19.4 Å². The second kappa shape index (κ2) is 7.27. The number of esters is 1. The fourth-order valence-corrected chi connectivity index (χ4v) is 2.58. The summed E-state index contributed by atoms with van der Waals surface area (Å²) < 4.78 is 27.6. The largest absolute Gasteiger partial charge is 0.452 e. The Balaban J connectivity index is 1.93. The fourth-order valence-electron chi connectivity index (χ4n) is 1.95. The molecule has 0 aromatic heterocycles. The van der Waals surface area contributed by atoms with Gasteiger partial charge in [-0.2, -0.15) is 0 Å². The number of carbonyl (C=O) groups is 2. The molecular weight excluding hydrogens is 330 g/mol. The van der Waals surface area contributed by atoms with E-state index in [2.05, 4.69) is 5.32 Å². The molecule has 0 radical (unpaired) electrons. The summed E-state index contributed by atoms with van der Waals surface area (Å²) in [6.45, 7) is 1.42. The van der Waals surface area contributed by atoms with Crippen LogP contribution in [0.3, 0.4) is 0 Å². The van der Waals surface area contributed by atoms with Crippen molar-refractivity contribution in [3.05, 3.63) is 59.7 Å². The number of ether oxygens (including phenoxy) is 1. The van der Waals surface area contributed by atoms with Crippen molar-refractivity contribution in [2.24, 2.45) is 0 Å². The van der Waals surface area contributed by atoms with Crippen molar-refractivity contribution in [1.82, 2.24) is 0 Å². The van der Waals surface area contributed by atoms with Crippen molar-refractivity contribution in [3.63, 3.8) is 0 Å². The molecule has 1 amide bonds. The van der Waals surface area contributed by atoms with Gasteiger partial charge < -0.3 is 10.1 Å². The number of anilines is 1.